The van der Waals surface area contributed by atoms with Crippen molar-refractivity contribution in [1.29, 1.82) is 0 Å². The molecule has 2 aromatic carbocycles. The number of nitrogens with zero attached hydrogens (tertiary/aromatic N) is 2. The molecule has 1 N–H and O–H groups in total. The van der Waals surface area contributed by atoms with Crippen molar-refractivity contribution < 1.29 is 9.59 Å². The molecule has 1 saturated carbocycles. The minimum Gasteiger partial charge on any atom is -0.378 e. The summed E-state index contributed by atoms with van der Waals surface area (Å²) in [6.45, 7) is 0.694. The Morgan fingerprint density at radius 2 is 1.71 bits per heavy atom. The third-order valence-corrected chi connectivity index (χ3v) is 7.71. The number of benzene rings is 2. The molecule has 5 nitrogen and oxygen atoms in total. The second-order valence-electron chi connectivity index (χ2n) is 9.66. The van der Waals surface area contributed by atoms with E-state index in [4.69, 9.17) is 0 Å². The molecule has 5 heteroatoms. The van der Waals surface area contributed by atoms with Gasteiger partial charge in [0, 0.05) is 38.4 Å². The van der Waals surface area contributed by atoms with Crippen molar-refractivity contribution in [2.24, 2.45) is 11.8 Å². The Bertz CT molecular complexity index is 1000. The number of hydrogen-bond donors (Lipinski definition) is 1. The van der Waals surface area contributed by atoms with Gasteiger partial charge in [-0.25, -0.2) is 0 Å². The van der Waals surface area contributed by atoms with E-state index in [1.165, 1.54) is 11.1 Å². The largest absolute Gasteiger partial charge is 0.378 e. The highest BCUT2D eigenvalue weighted by atomic mass is 16.2. The number of carbonyl (C=O) groups excluding carboxylic acids is 2. The van der Waals surface area contributed by atoms with Gasteiger partial charge in [-0.1, -0.05) is 24.3 Å². The van der Waals surface area contributed by atoms with E-state index in [2.05, 4.69) is 29.6 Å². The van der Waals surface area contributed by atoms with Gasteiger partial charge in [0.2, 0.25) is 11.8 Å². The molecule has 1 heterocycles. The van der Waals surface area contributed by atoms with Crippen LogP contribution >= 0.6 is 0 Å². The van der Waals surface area contributed by atoms with Gasteiger partial charge in [-0.3, -0.25) is 9.59 Å². The molecule has 3 aliphatic rings. The van der Waals surface area contributed by atoms with Gasteiger partial charge in [0.1, 0.15) is 5.54 Å². The molecule has 1 aliphatic heterocycles. The number of rotatable bonds is 4. The summed E-state index contributed by atoms with van der Waals surface area (Å²) in [7, 11) is 4.00. The zero-order valence-corrected chi connectivity index (χ0v) is 18.4. The highest BCUT2D eigenvalue weighted by Crippen LogP contribution is 2.47. The fourth-order valence-corrected chi connectivity index (χ4v) is 5.82. The quantitative estimate of drug-likeness (QED) is 0.768. The van der Waals surface area contributed by atoms with E-state index in [1.54, 1.807) is 0 Å². The van der Waals surface area contributed by atoms with Gasteiger partial charge in [0.25, 0.3) is 0 Å². The number of hydrogen-bond acceptors (Lipinski definition) is 3. The first-order valence-corrected chi connectivity index (χ1v) is 11.4. The SMILES string of the molecule is CN(C)c1ccc(NC(=O)[C@]2(N3CCC3=O)CC[C@H]3Cc4ccccc4C[C@H]3C2)cc1. The summed E-state index contributed by atoms with van der Waals surface area (Å²) in [6.07, 6.45) is 5.18. The van der Waals surface area contributed by atoms with Crippen molar-refractivity contribution in [3.05, 3.63) is 59.7 Å². The Kier molecular flexibility index (Phi) is 4.99. The number of fused-ring (bicyclic) bond motifs is 2. The van der Waals surface area contributed by atoms with Crippen molar-refractivity contribution >= 4 is 23.2 Å². The number of anilines is 2. The summed E-state index contributed by atoms with van der Waals surface area (Å²) in [6, 6.07) is 16.6. The summed E-state index contributed by atoms with van der Waals surface area (Å²) in [5.74, 6) is 1.15. The predicted octanol–water partition coefficient (Wildman–Crippen LogP) is 3.88. The molecular weight excluding hydrogens is 386 g/mol. The molecule has 1 saturated heterocycles. The average Bonchev–Trinajstić information content (AvgIpc) is 2.76. The van der Waals surface area contributed by atoms with Gasteiger partial charge in [0.15, 0.2) is 0 Å². The average molecular weight is 418 g/mol. The summed E-state index contributed by atoms with van der Waals surface area (Å²) in [5.41, 5.74) is 4.03. The fraction of sp³-hybridized carbons (Fsp3) is 0.462. The third-order valence-electron chi connectivity index (χ3n) is 7.71. The third kappa shape index (κ3) is 3.50. The first-order chi connectivity index (χ1) is 15.0. The van der Waals surface area contributed by atoms with Crippen molar-refractivity contribution in [2.45, 2.75) is 44.1 Å². The predicted molar refractivity (Wildman–Crippen MR) is 123 cm³/mol. The molecule has 2 fully saturated rings. The molecule has 0 aromatic heterocycles. The van der Waals surface area contributed by atoms with Crippen LogP contribution in [0.3, 0.4) is 0 Å². The number of nitrogens with one attached hydrogen (secondary N) is 1. The number of carbonyl (C=O) groups is 2. The van der Waals surface area contributed by atoms with Gasteiger partial charge in [0.05, 0.1) is 0 Å². The van der Waals surface area contributed by atoms with Crippen LogP contribution in [-0.2, 0) is 22.4 Å². The van der Waals surface area contributed by atoms with E-state index >= 15 is 0 Å². The van der Waals surface area contributed by atoms with Gasteiger partial charge in [-0.15, -0.1) is 0 Å². The normalized spacial score (nSPS) is 27.0. The van der Waals surface area contributed by atoms with Crippen LogP contribution in [0.25, 0.3) is 0 Å². The first kappa shape index (κ1) is 20.1. The summed E-state index contributed by atoms with van der Waals surface area (Å²) >= 11 is 0. The van der Waals surface area contributed by atoms with Crippen LogP contribution in [0, 0.1) is 11.8 Å². The van der Waals surface area contributed by atoms with E-state index in [9.17, 15) is 9.59 Å². The minimum absolute atomic E-state index is 0.0181. The van der Waals surface area contributed by atoms with Crippen LogP contribution in [-0.4, -0.2) is 42.9 Å². The Labute approximate surface area is 184 Å². The van der Waals surface area contributed by atoms with Crippen molar-refractivity contribution in [2.75, 3.05) is 30.9 Å². The zero-order valence-electron chi connectivity index (χ0n) is 18.4. The van der Waals surface area contributed by atoms with Crippen molar-refractivity contribution in [3.8, 4) is 0 Å². The fourth-order valence-electron chi connectivity index (χ4n) is 5.82. The molecule has 162 valence electrons. The Balaban J connectivity index is 1.40. The van der Waals surface area contributed by atoms with E-state index < -0.39 is 5.54 Å². The number of amides is 2. The van der Waals surface area contributed by atoms with Gasteiger partial charge in [-0.2, -0.15) is 0 Å². The van der Waals surface area contributed by atoms with E-state index in [0.717, 1.165) is 43.5 Å². The molecule has 0 spiro atoms. The van der Waals surface area contributed by atoms with Crippen LogP contribution in [0.15, 0.2) is 48.5 Å². The van der Waals surface area contributed by atoms with Crippen molar-refractivity contribution in [1.82, 2.24) is 4.90 Å². The molecule has 3 atom stereocenters. The molecule has 5 rings (SSSR count). The Hall–Kier alpha value is -2.82. The van der Waals surface area contributed by atoms with Crippen LogP contribution in [0.2, 0.25) is 0 Å². The lowest BCUT2D eigenvalue weighted by Gasteiger charge is -2.53. The molecule has 2 aromatic rings. The smallest absolute Gasteiger partial charge is 0.250 e. The Morgan fingerprint density at radius 1 is 1.03 bits per heavy atom. The maximum atomic E-state index is 13.7. The highest BCUT2D eigenvalue weighted by molar-refractivity contribution is 6.01. The molecular formula is C26H31N3O2. The van der Waals surface area contributed by atoms with Crippen LogP contribution in [0.5, 0.6) is 0 Å². The van der Waals surface area contributed by atoms with Gasteiger partial charge in [-0.05, 0) is 79.3 Å². The lowest BCUT2D eigenvalue weighted by Crippen LogP contribution is -2.66. The topological polar surface area (TPSA) is 52.7 Å². The van der Waals surface area contributed by atoms with E-state index in [1.807, 2.05) is 48.2 Å². The lowest BCUT2D eigenvalue weighted by atomic mass is 9.62. The summed E-state index contributed by atoms with van der Waals surface area (Å²) in [4.78, 5) is 30.1. The van der Waals surface area contributed by atoms with Crippen LogP contribution < -0.4 is 10.2 Å². The number of likely N-dealkylation sites (tertiary alicyclic amines) is 1. The van der Waals surface area contributed by atoms with E-state index in [0.29, 0.717) is 24.8 Å². The molecule has 31 heavy (non-hydrogen) atoms. The lowest BCUT2D eigenvalue weighted by molar-refractivity contribution is -0.159. The molecule has 2 amide bonds. The maximum absolute atomic E-state index is 13.7. The minimum atomic E-state index is -0.719. The molecule has 0 unspecified atom stereocenters. The zero-order chi connectivity index (χ0) is 21.6. The first-order valence-electron chi connectivity index (χ1n) is 11.4. The second-order valence-corrected chi connectivity index (χ2v) is 9.66. The molecule has 0 radical (unpaired) electrons. The standard InChI is InChI=1S/C26H31N3O2/c1-28(2)23-9-7-22(8-10-23)27-25(31)26(29-14-12-24(29)30)13-11-20-15-18-5-3-4-6-19(18)16-21(20)17-26/h3-10,20-21H,11-17H2,1-2H3,(H,27,31)/t20-,21-,26-/m0/s1. The summed E-state index contributed by atoms with van der Waals surface area (Å²) < 4.78 is 0. The number of β-lactam (4-membered cyclic amide) rings is 1. The maximum Gasteiger partial charge on any atom is 0.250 e. The Morgan fingerprint density at radius 3 is 2.29 bits per heavy atom. The van der Waals surface area contributed by atoms with Crippen molar-refractivity contribution in [3.63, 3.8) is 0 Å². The monoisotopic (exact) mass is 417 g/mol. The second kappa shape index (κ2) is 7.70. The van der Waals surface area contributed by atoms with Gasteiger partial charge >= 0.3 is 0 Å². The highest BCUT2D eigenvalue weighted by Gasteiger charge is 2.54. The van der Waals surface area contributed by atoms with E-state index in [-0.39, 0.29) is 11.8 Å². The molecule has 2 aliphatic carbocycles. The molecule has 0 bridgehead atoms. The van der Waals surface area contributed by atoms with Crippen LogP contribution in [0.1, 0.15) is 36.8 Å². The summed E-state index contributed by atoms with van der Waals surface area (Å²) in [5, 5.41) is 3.15. The van der Waals surface area contributed by atoms with Crippen LogP contribution in [0.4, 0.5) is 11.4 Å². The van der Waals surface area contributed by atoms with Gasteiger partial charge < -0.3 is 15.1 Å².